The number of sulfone groups is 1. The summed E-state index contributed by atoms with van der Waals surface area (Å²) in [6, 6.07) is 9.84. The van der Waals surface area contributed by atoms with Gasteiger partial charge >= 0.3 is 10.1 Å². The summed E-state index contributed by atoms with van der Waals surface area (Å²) in [7, 11) is -8.14. The number of benzene rings is 2. The molecule has 0 aromatic heterocycles. The van der Waals surface area contributed by atoms with Crippen molar-refractivity contribution in [3.63, 3.8) is 0 Å². The molecule has 0 aliphatic heterocycles. The van der Waals surface area contributed by atoms with Gasteiger partial charge in [0, 0.05) is 18.1 Å². The Kier molecular flexibility index (Phi) is 6.96. The summed E-state index contributed by atoms with van der Waals surface area (Å²) in [5.41, 5.74) is 5.94. The average molecular weight is 445 g/mol. The van der Waals surface area contributed by atoms with Gasteiger partial charge in [0.2, 0.25) is 0 Å². The largest absolute Gasteiger partial charge is 0.493 e. The minimum Gasteiger partial charge on any atom is -0.493 e. The number of ether oxygens (including phenoxy) is 1. The summed E-state index contributed by atoms with van der Waals surface area (Å²) in [4.78, 5) is -0.764. The predicted octanol–water partition coefficient (Wildman–Crippen LogP) is 2.17. The zero-order chi connectivity index (χ0) is 20.9. The summed E-state index contributed by atoms with van der Waals surface area (Å²) < 4.78 is 59.8. The molecule has 0 saturated carbocycles. The lowest BCUT2D eigenvalue weighted by Gasteiger charge is -2.12. The zero-order valence-corrected chi connectivity index (χ0v) is 17.7. The summed E-state index contributed by atoms with van der Waals surface area (Å²) in [6.45, 7) is 2.00. The molecule has 11 heteroatoms. The van der Waals surface area contributed by atoms with Crippen LogP contribution in [0, 0.1) is 12.3 Å². The lowest BCUT2D eigenvalue weighted by molar-refractivity contribution is 0.342. The standard InChI is InChI=1S/C17H20N2O6S3/c1-12-9-13(24-7-8-26-17(18)19)11-14(10-12)25-28(22,23)16-6-4-3-5-15(16)27(2,20)21/h3-6,9-11H,7-8H2,1-2H3,(H3,18,19). The lowest BCUT2D eigenvalue weighted by Crippen LogP contribution is -2.14. The number of nitrogens with two attached hydrogens (primary N) is 1. The normalized spacial score (nSPS) is 11.8. The van der Waals surface area contributed by atoms with Gasteiger partial charge in [-0.3, -0.25) is 5.41 Å². The molecular weight excluding hydrogens is 424 g/mol. The molecule has 0 aliphatic carbocycles. The molecule has 0 bridgehead atoms. The number of amidine groups is 1. The second kappa shape index (κ2) is 8.84. The summed E-state index contributed by atoms with van der Waals surface area (Å²) in [5, 5.41) is 7.12. The van der Waals surface area contributed by atoms with Gasteiger partial charge in [0.25, 0.3) is 0 Å². The van der Waals surface area contributed by atoms with Crippen molar-refractivity contribution in [3.05, 3.63) is 48.0 Å². The van der Waals surface area contributed by atoms with Gasteiger partial charge in [-0.05, 0) is 36.8 Å². The van der Waals surface area contributed by atoms with Gasteiger partial charge < -0.3 is 14.7 Å². The smallest absolute Gasteiger partial charge is 0.340 e. The third kappa shape index (κ3) is 6.14. The first kappa shape index (κ1) is 22.1. The first-order chi connectivity index (χ1) is 13.0. The first-order valence-electron chi connectivity index (χ1n) is 7.94. The Bertz CT molecular complexity index is 1080. The Morgan fingerprint density at radius 3 is 2.29 bits per heavy atom. The predicted molar refractivity (Wildman–Crippen MR) is 108 cm³/mol. The quantitative estimate of drug-likeness (QED) is 0.274. The number of rotatable bonds is 8. The van der Waals surface area contributed by atoms with Crippen LogP contribution in [0.1, 0.15) is 5.56 Å². The average Bonchev–Trinajstić information content (AvgIpc) is 2.57. The molecule has 0 amide bonds. The van der Waals surface area contributed by atoms with E-state index in [2.05, 4.69) is 0 Å². The third-order valence-electron chi connectivity index (χ3n) is 3.36. The molecule has 152 valence electrons. The van der Waals surface area contributed by atoms with Gasteiger partial charge in [0.05, 0.1) is 11.5 Å². The SMILES string of the molecule is Cc1cc(OCCSC(=N)N)cc(OS(=O)(=O)c2ccccc2S(C)(=O)=O)c1. The first-order valence-corrected chi connectivity index (χ1v) is 12.2. The van der Waals surface area contributed by atoms with Crippen LogP contribution in [0.3, 0.4) is 0 Å². The highest BCUT2D eigenvalue weighted by atomic mass is 32.2. The van der Waals surface area contributed by atoms with Gasteiger partial charge in [-0.25, -0.2) is 8.42 Å². The van der Waals surface area contributed by atoms with Crippen LogP contribution >= 0.6 is 11.8 Å². The Labute approximate surface area is 168 Å². The molecule has 0 unspecified atom stereocenters. The minimum atomic E-state index is -4.38. The van der Waals surface area contributed by atoms with Gasteiger partial charge in [0.1, 0.15) is 16.4 Å². The third-order valence-corrected chi connectivity index (χ3v) is 6.63. The second-order valence-electron chi connectivity index (χ2n) is 5.80. The van der Waals surface area contributed by atoms with E-state index in [4.69, 9.17) is 20.1 Å². The number of aryl methyl sites for hydroxylation is 1. The van der Waals surface area contributed by atoms with E-state index in [0.717, 1.165) is 18.0 Å². The fourth-order valence-corrected chi connectivity index (χ4v) is 5.20. The van der Waals surface area contributed by atoms with Gasteiger partial charge in [0.15, 0.2) is 15.0 Å². The highest BCUT2D eigenvalue weighted by Gasteiger charge is 2.25. The molecule has 8 nitrogen and oxygen atoms in total. The van der Waals surface area contributed by atoms with Gasteiger partial charge in [-0.15, -0.1) is 0 Å². The maximum absolute atomic E-state index is 12.7. The molecule has 2 rings (SSSR count). The van der Waals surface area contributed by atoms with Crippen LogP contribution < -0.4 is 14.7 Å². The number of hydrogen-bond donors (Lipinski definition) is 2. The van der Waals surface area contributed by atoms with E-state index in [1.54, 1.807) is 13.0 Å². The molecule has 3 N–H and O–H groups in total. The van der Waals surface area contributed by atoms with Crippen molar-refractivity contribution in [2.45, 2.75) is 16.7 Å². The van der Waals surface area contributed by atoms with Crippen LogP contribution in [-0.4, -0.2) is 40.6 Å². The zero-order valence-electron chi connectivity index (χ0n) is 15.2. The van der Waals surface area contributed by atoms with Crippen molar-refractivity contribution < 1.29 is 25.8 Å². The highest BCUT2D eigenvalue weighted by Crippen LogP contribution is 2.28. The molecule has 0 aliphatic rings. The van der Waals surface area contributed by atoms with Crippen molar-refractivity contribution in [1.29, 1.82) is 5.41 Å². The van der Waals surface area contributed by atoms with Crippen LogP contribution in [0.15, 0.2) is 52.3 Å². The number of thioether (sulfide) groups is 1. The van der Waals surface area contributed by atoms with Gasteiger partial charge in [-0.1, -0.05) is 23.9 Å². The summed E-state index contributed by atoms with van der Waals surface area (Å²) in [5.74, 6) is 0.836. The Balaban J connectivity index is 2.27. The van der Waals surface area contributed by atoms with E-state index in [0.29, 0.717) is 17.1 Å². The molecule has 0 fully saturated rings. The van der Waals surface area contributed by atoms with Crippen molar-refractivity contribution in [3.8, 4) is 11.5 Å². The van der Waals surface area contributed by atoms with E-state index >= 15 is 0 Å². The van der Waals surface area contributed by atoms with Crippen LogP contribution in [0.4, 0.5) is 0 Å². The van der Waals surface area contributed by atoms with Crippen LogP contribution in [0.5, 0.6) is 11.5 Å². The maximum atomic E-state index is 12.7. The molecule has 0 saturated heterocycles. The van der Waals surface area contributed by atoms with Crippen LogP contribution in [-0.2, 0) is 20.0 Å². The Hall–Kier alpha value is -2.24. The molecule has 0 atom stereocenters. The molecule has 2 aromatic carbocycles. The number of hydrogen-bond acceptors (Lipinski definition) is 8. The molecule has 28 heavy (non-hydrogen) atoms. The fourth-order valence-electron chi connectivity index (χ4n) is 2.29. The summed E-state index contributed by atoms with van der Waals surface area (Å²) >= 11 is 1.12. The Morgan fingerprint density at radius 2 is 1.68 bits per heavy atom. The van der Waals surface area contributed by atoms with E-state index in [-0.39, 0.29) is 22.4 Å². The number of nitrogens with one attached hydrogen (secondary N) is 1. The van der Waals surface area contributed by atoms with E-state index in [9.17, 15) is 16.8 Å². The monoisotopic (exact) mass is 444 g/mol. The topological polar surface area (TPSA) is 137 Å². The molecular formula is C17H20N2O6S3. The lowest BCUT2D eigenvalue weighted by atomic mass is 10.2. The maximum Gasteiger partial charge on any atom is 0.340 e. The van der Waals surface area contributed by atoms with Crippen molar-refractivity contribution >= 4 is 36.9 Å². The minimum absolute atomic E-state index is 0.00229. The molecule has 0 radical (unpaired) electrons. The van der Waals surface area contributed by atoms with E-state index in [1.807, 2.05) is 0 Å². The summed E-state index contributed by atoms with van der Waals surface area (Å²) in [6.07, 6.45) is 0.930. The van der Waals surface area contributed by atoms with E-state index < -0.39 is 24.9 Å². The highest BCUT2D eigenvalue weighted by molar-refractivity contribution is 8.13. The molecule has 2 aromatic rings. The van der Waals surface area contributed by atoms with Crippen LogP contribution in [0.2, 0.25) is 0 Å². The Morgan fingerprint density at radius 1 is 1.07 bits per heavy atom. The van der Waals surface area contributed by atoms with Crippen molar-refractivity contribution in [2.24, 2.45) is 5.73 Å². The molecule has 0 spiro atoms. The van der Waals surface area contributed by atoms with Crippen molar-refractivity contribution in [2.75, 3.05) is 18.6 Å². The van der Waals surface area contributed by atoms with Crippen LogP contribution in [0.25, 0.3) is 0 Å². The fraction of sp³-hybridized carbons (Fsp3) is 0.235. The van der Waals surface area contributed by atoms with Crippen molar-refractivity contribution in [1.82, 2.24) is 0 Å². The second-order valence-corrected chi connectivity index (χ2v) is 10.4. The van der Waals surface area contributed by atoms with Gasteiger partial charge in [-0.2, -0.15) is 8.42 Å². The van der Waals surface area contributed by atoms with E-state index in [1.165, 1.54) is 36.4 Å². The molecule has 0 heterocycles.